The first-order valence-corrected chi connectivity index (χ1v) is 11.6. The number of hydrogen-bond acceptors (Lipinski definition) is 5. The van der Waals surface area contributed by atoms with Crippen LogP contribution in [-0.2, 0) is 22.4 Å². The van der Waals surface area contributed by atoms with Gasteiger partial charge in [-0.25, -0.2) is 0 Å². The molecule has 2 heterocycles. The molecule has 1 fully saturated rings. The van der Waals surface area contributed by atoms with E-state index in [1.54, 1.807) is 6.08 Å². The van der Waals surface area contributed by atoms with Crippen molar-refractivity contribution in [3.05, 3.63) is 34.6 Å². The van der Waals surface area contributed by atoms with E-state index in [9.17, 15) is 4.79 Å². The molecule has 1 saturated heterocycles. The van der Waals surface area contributed by atoms with Crippen molar-refractivity contribution in [1.82, 2.24) is 10.2 Å². The number of hydrogen-bond donors (Lipinski definition) is 1. The van der Waals surface area contributed by atoms with Crippen LogP contribution in [0.15, 0.2) is 16.6 Å². The number of morpholine rings is 1. The van der Waals surface area contributed by atoms with Crippen LogP contribution in [0.4, 0.5) is 0 Å². The van der Waals surface area contributed by atoms with Crippen LogP contribution in [0.25, 0.3) is 16.5 Å². The number of furan rings is 1. The minimum atomic E-state index is -0.0693. The Kier molecular flexibility index (Phi) is 6.98. The zero-order chi connectivity index (χ0) is 21.8. The Labute approximate surface area is 184 Å². The summed E-state index contributed by atoms with van der Waals surface area (Å²) in [5.74, 6) is 1.86. The van der Waals surface area contributed by atoms with Crippen molar-refractivity contribution in [2.24, 2.45) is 0 Å². The first-order chi connectivity index (χ1) is 15.1. The topological polar surface area (TPSA) is 63.9 Å². The Bertz CT molecular complexity index is 970. The number of allylic oxidation sites excluding steroid dienone is 1. The summed E-state index contributed by atoms with van der Waals surface area (Å²) in [4.78, 5) is 14.9. The molecule has 0 unspecified atom stereocenters. The third-order valence-corrected chi connectivity index (χ3v) is 6.32. The number of rotatable bonds is 7. The van der Waals surface area contributed by atoms with Gasteiger partial charge >= 0.3 is 0 Å². The maximum absolute atomic E-state index is 12.6. The van der Waals surface area contributed by atoms with E-state index in [1.807, 2.05) is 13.8 Å². The predicted molar refractivity (Wildman–Crippen MR) is 123 cm³/mol. The largest absolute Gasteiger partial charge is 0.493 e. The molecule has 6 heteroatoms. The van der Waals surface area contributed by atoms with Crippen molar-refractivity contribution in [3.8, 4) is 5.75 Å². The number of nitrogens with zero attached hydrogens (tertiary/aromatic N) is 1. The summed E-state index contributed by atoms with van der Waals surface area (Å²) < 4.78 is 17.6. The molecule has 0 atom stereocenters. The van der Waals surface area contributed by atoms with Gasteiger partial charge in [0.15, 0.2) is 0 Å². The quantitative estimate of drug-likeness (QED) is 0.681. The van der Waals surface area contributed by atoms with Crippen LogP contribution in [-0.4, -0.2) is 56.8 Å². The lowest BCUT2D eigenvalue weighted by Crippen LogP contribution is -2.41. The average Bonchev–Trinajstić information content (AvgIpc) is 3.15. The lowest BCUT2D eigenvalue weighted by atomic mass is 9.93. The van der Waals surface area contributed by atoms with Crippen LogP contribution in [0.2, 0.25) is 0 Å². The molecule has 0 spiro atoms. The molecule has 31 heavy (non-hydrogen) atoms. The predicted octanol–water partition coefficient (Wildman–Crippen LogP) is 3.87. The van der Waals surface area contributed by atoms with Gasteiger partial charge in [-0.1, -0.05) is 0 Å². The molecule has 1 amide bonds. The number of nitrogens with one attached hydrogen (secondary N) is 1. The highest BCUT2D eigenvalue weighted by molar-refractivity contribution is 5.98. The number of aryl methyl sites for hydroxylation is 3. The summed E-state index contributed by atoms with van der Waals surface area (Å²) in [6.45, 7) is 11.5. The molecule has 0 saturated carbocycles. The SMILES string of the molecule is CCOc1c(/C(C)=C/C(=O)NCCN2CCOCC2)cc2c3c(oc2c1C)CCCC3. The lowest BCUT2D eigenvalue weighted by molar-refractivity contribution is -0.116. The van der Waals surface area contributed by atoms with Gasteiger partial charge in [0, 0.05) is 60.8 Å². The molecule has 6 nitrogen and oxygen atoms in total. The number of fused-ring (bicyclic) bond motifs is 3. The highest BCUT2D eigenvalue weighted by atomic mass is 16.5. The summed E-state index contributed by atoms with van der Waals surface area (Å²) in [5.41, 5.74) is 5.16. The second-order valence-corrected chi connectivity index (χ2v) is 8.47. The summed E-state index contributed by atoms with van der Waals surface area (Å²) >= 11 is 0. The molecule has 1 aliphatic heterocycles. The van der Waals surface area contributed by atoms with E-state index >= 15 is 0 Å². The van der Waals surface area contributed by atoms with Gasteiger partial charge in [0.1, 0.15) is 17.1 Å². The first kappa shape index (κ1) is 21.9. The molecule has 0 bridgehead atoms. The van der Waals surface area contributed by atoms with Crippen molar-refractivity contribution in [2.75, 3.05) is 46.0 Å². The molecule has 168 valence electrons. The van der Waals surface area contributed by atoms with Gasteiger partial charge in [-0.2, -0.15) is 0 Å². The van der Waals surface area contributed by atoms with Crippen LogP contribution in [0.3, 0.4) is 0 Å². The highest BCUT2D eigenvalue weighted by Crippen LogP contribution is 2.41. The molecule has 4 rings (SSSR count). The van der Waals surface area contributed by atoms with Crippen LogP contribution in [0.5, 0.6) is 5.75 Å². The van der Waals surface area contributed by atoms with Gasteiger partial charge in [-0.15, -0.1) is 0 Å². The fourth-order valence-corrected chi connectivity index (χ4v) is 4.65. The molecule has 0 radical (unpaired) electrons. The number of carbonyl (C=O) groups is 1. The van der Waals surface area contributed by atoms with E-state index in [4.69, 9.17) is 13.9 Å². The summed E-state index contributed by atoms with van der Waals surface area (Å²) in [6, 6.07) is 2.16. The fourth-order valence-electron chi connectivity index (χ4n) is 4.65. The molecule has 2 aliphatic rings. The van der Waals surface area contributed by atoms with Crippen molar-refractivity contribution in [1.29, 1.82) is 0 Å². The zero-order valence-electron chi connectivity index (χ0n) is 19.0. The summed E-state index contributed by atoms with van der Waals surface area (Å²) in [5, 5.41) is 4.19. The van der Waals surface area contributed by atoms with Gasteiger partial charge < -0.3 is 19.2 Å². The molecule has 1 N–H and O–H groups in total. The van der Waals surface area contributed by atoms with Crippen molar-refractivity contribution in [3.63, 3.8) is 0 Å². The van der Waals surface area contributed by atoms with Crippen LogP contribution >= 0.6 is 0 Å². The van der Waals surface area contributed by atoms with Gasteiger partial charge in [0.25, 0.3) is 0 Å². The third kappa shape index (κ3) is 4.80. The summed E-state index contributed by atoms with van der Waals surface area (Å²) in [6.07, 6.45) is 6.13. The Hall–Kier alpha value is -2.31. The second kappa shape index (κ2) is 9.88. The molecular weight excluding hydrogens is 392 g/mol. The maximum Gasteiger partial charge on any atom is 0.244 e. The van der Waals surface area contributed by atoms with Crippen molar-refractivity contribution >= 4 is 22.4 Å². The third-order valence-electron chi connectivity index (χ3n) is 6.32. The van der Waals surface area contributed by atoms with E-state index < -0.39 is 0 Å². The standard InChI is InChI=1S/C25H34N2O4/c1-4-30-24-18(3)25-21(19-7-5-6-8-22(19)31-25)16-20(24)17(2)15-23(28)26-9-10-27-11-13-29-14-12-27/h15-16H,4-14H2,1-3H3,(H,26,28)/b17-15+. The average molecular weight is 427 g/mol. The normalized spacial score (nSPS) is 17.6. The Morgan fingerprint density at radius 3 is 2.81 bits per heavy atom. The van der Waals surface area contributed by atoms with E-state index in [2.05, 4.69) is 23.2 Å². The van der Waals surface area contributed by atoms with E-state index in [1.165, 1.54) is 23.8 Å². The summed E-state index contributed by atoms with van der Waals surface area (Å²) in [7, 11) is 0. The van der Waals surface area contributed by atoms with Crippen LogP contribution < -0.4 is 10.1 Å². The Balaban J connectivity index is 1.56. The number of carbonyl (C=O) groups excluding carboxylic acids is 1. The van der Waals surface area contributed by atoms with Crippen molar-refractivity contribution < 1.29 is 18.7 Å². The van der Waals surface area contributed by atoms with Gasteiger partial charge in [-0.05, 0) is 51.7 Å². The van der Waals surface area contributed by atoms with Crippen LogP contribution in [0.1, 0.15) is 49.1 Å². The lowest BCUT2D eigenvalue weighted by Gasteiger charge is -2.26. The fraction of sp³-hybridized carbons (Fsp3) is 0.560. The molecule has 1 aliphatic carbocycles. The Morgan fingerprint density at radius 1 is 1.26 bits per heavy atom. The van der Waals surface area contributed by atoms with E-state index in [0.717, 1.165) is 79.5 Å². The highest BCUT2D eigenvalue weighted by Gasteiger charge is 2.23. The monoisotopic (exact) mass is 426 g/mol. The maximum atomic E-state index is 12.6. The van der Waals surface area contributed by atoms with Crippen LogP contribution in [0, 0.1) is 6.92 Å². The first-order valence-electron chi connectivity index (χ1n) is 11.6. The molecule has 1 aromatic carbocycles. The minimum Gasteiger partial charge on any atom is -0.493 e. The van der Waals surface area contributed by atoms with Gasteiger partial charge in [0.2, 0.25) is 5.91 Å². The van der Waals surface area contributed by atoms with E-state index in [-0.39, 0.29) is 5.91 Å². The molecule has 2 aromatic rings. The van der Waals surface area contributed by atoms with Crippen molar-refractivity contribution in [2.45, 2.75) is 46.5 Å². The van der Waals surface area contributed by atoms with Gasteiger partial charge in [-0.3, -0.25) is 9.69 Å². The number of ether oxygens (including phenoxy) is 2. The second-order valence-electron chi connectivity index (χ2n) is 8.47. The molecular formula is C25H34N2O4. The van der Waals surface area contributed by atoms with Gasteiger partial charge in [0.05, 0.1) is 19.8 Å². The smallest absolute Gasteiger partial charge is 0.244 e. The van der Waals surface area contributed by atoms with E-state index in [0.29, 0.717) is 13.2 Å². The molecule has 1 aromatic heterocycles. The number of benzene rings is 1. The zero-order valence-corrected chi connectivity index (χ0v) is 19.0. The Morgan fingerprint density at radius 2 is 2.03 bits per heavy atom. The minimum absolute atomic E-state index is 0.0693. The number of amides is 1.